The van der Waals surface area contributed by atoms with E-state index in [1.807, 2.05) is 34.6 Å². The van der Waals surface area contributed by atoms with Crippen molar-refractivity contribution in [2.75, 3.05) is 13.1 Å². The normalized spacial score (nSPS) is 44.6. The minimum Gasteiger partial charge on any atom is -0.459 e. The number of ether oxygens (including phenoxy) is 1. The van der Waals surface area contributed by atoms with E-state index in [4.69, 9.17) is 4.74 Å². The maximum atomic E-state index is 12.7. The van der Waals surface area contributed by atoms with E-state index in [9.17, 15) is 20.1 Å². The van der Waals surface area contributed by atoms with Gasteiger partial charge in [0.2, 0.25) is 0 Å². The summed E-state index contributed by atoms with van der Waals surface area (Å²) in [6.45, 7) is 16.6. The molecule has 0 saturated carbocycles. The second kappa shape index (κ2) is 10.6. The molecular formula is C23H45NO5. The number of nitrogens with zero attached hydrogens (tertiary/aromatic N) is 1. The van der Waals surface area contributed by atoms with Crippen molar-refractivity contribution in [2.45, 2.75) is 111 Å². The number of likely N-dealkylation sites (N-methyl/N-ethyl adjacent to an activating group) is 1. The lowest BCUT2D eigenvalue weighted by Gasteiger charge is -2.42. The predicted molar refractivity (Wildman–Crippen MR) is 115 cm³/mol. The number of cyclic esters (lactones) is 1. The number of carbonyl (C=O) groups is 1. The topological polar surface area (TPSA) is 90.2 Å². The number of hydrogen-bond donors (Lipinski definition) is 3. The number of carbonyl (C=O) groups excluding carboxylic acids is 1. The highest BCUT2D eigenvalue weighted by molar-refractivity contribution is 5.72. The number of aliphatic hydroxyl groups is 3. The van der Waals surface area contributed by atoms with Crippen LogP contribution in [0.3, 0.4) is 0 Å². The third-order valence-electron chi connectivity index (χ3n) is 6.60. The van der Waals surface area contributed by atoms with Crippen molar-refractivity contribution >= 4 is 5.97 Å². The van der Waals surface area contributed by atoms with Crippen LogP contribution in [0.1, 0.15) is 81.1 Å². The molecule has 0 spiro atoms. The van der Waals surface area contributed by atoms with Crippen LogP contribution in [-0.2, 0) is 9.53 Å². The van der Waals surface area contributed by atoms with Gasteiger partial charge in [0.1, 0.15) is 17.8 Å². The van der Waals surface area contributed by atoms with E-state index in [0.29, 0.717) is 38.8 Å². The van der Waals surface area contributed by atoms with E-state index in [1.54, 1.807) is 6.92 Å². The smallest absolute Gasteiger partial charge is 0.309 e. The van der Waals surface area contributed by atoms with Crippen LogP contribution in [0.2, 0.25) is 0 Å². The summed E-state index contributed by atoms with van der Waals surface area (Å²) in [5, 5.41) is 33.1. The van der Waals surface area contributed by atoms with E-state index in [0.717, 1.165) is 0 Å². The number of hydrogen-bond acceptors (Lipinski definition) is 6. The Labute approximate surface area is 177 Å². The Morgan fingerprint density at radius 3 is 2.14 bits per heavy atom. The summed E-state index contributed by atoms with van der Waals surface area (Å²) in [7, 11) is 0. The fourth-order valence-corrected chi connectivity index (χ4v) is 5.17. The van der Waals surface area contributed by atoms with Crippen LogP contribution in [0, 0.1) is 17.8 Å². The molecule has 3 N–H and O–H groups in total. The quantitative estimate of drug-likeness (QED) is 0.601. The minimum atomic E-state index is -1.56. The molecule has 0 aromatic rings. The molecule has 0 aromatic heterocycles. The van der Waals surface area contributed by atoms with E-state index in [1.165, 1.54) is 0 Å². The Bertz CT molecular complexity index is 521. The van der Waals surface area contributed by atoms with Crippen molar-refractivity contribution in [3.8, 4) is 0 Å². The Hall–Kier alpha value is -0.690. The van der Waals surface area contributed by atoms with Gasteiger partial charge in [0.25, 0.3) is 0 Å². The van der Waals surface area contributed by atoms with E-state index in [-0.39, 0.29) is 29.8 Å². The van der Waals surface area contributed by atoms with Gasteiger partial charge in [-0.1, -0.05) is 34.6 Å². The summed E-state index contributed by atoms with van der Waals surface area (Å²) in [4.78, 5) is 14.8. The first-order valence-corrected chi connectivity index (χ1v) is 11.3. The molecule has 8 atom stereocenters. The predicted octanol–water partition coefficient (Wildman–Crippen LogP) is 2.97. The Morgan fingerprint density at radius 2 is 1.62 bits per heavy atom. The molecule has 1 rings (SSSR count). The van der Waals surface area contributed by atoms with Crippen molar-refractivity contribution in [3.63, 3.8) is 0 Å². The first kappa shape index (κ1) is 26.3. The van der Waals surface area contributed by atoms with Crippen LogP contribution in [0.4, 0.5) is 0 Å². The molecule has 29 heavy (non-hydrogen) atoms. The van der Waals surface area contributed by atoms with Crippen LogP contribution in [0.5, 0.6) is 0 Å². The number of esters is 1. The summed E-state index contributed by atoms with van der Waals surface area (Å²) < 4.78 is 5.68. The van der Waals surface area contributed by atoms with Gasteiger partial charge < -0.3 is 20.1 Å². The average Bonchev–Trinajstić information content (AvgIpc) is 2.60. The summed E-state index contributed by atoms with van der Waals surface area (Å²) >= 11 is 0. The van der Waals surface area contributed by atoms with Crippen LogP contribution < -0.4 is 0 Å². The second-order valence-electron chi connectivity index (χ2n) is 10.1. The van der Waals surface area contributed by atoms with Crippen molar-refractivity contribution < 1.29 is 24.9 Å². The van der Waals surface area contributed by atoms with Gasteiger partial charge >= 0.3 is 5.97 Å². The zero-order valence-electron chi connectivity index (χ0n) is 19.8. The lowest BCUT2D eigenvalue weighted by atomic mass is 9.82. The van der Waals surface area contributed by atoms with Crippen molar-refractivity contribution in [2.24, 2.45) is 17.8 Å². The molecule has 1 saturated heterocycles. The molecule has 6 nitrogen and oxygen atoms in total. The summed E-state index contributed by atoms with van der Waals surface area (Å²) in [6.07, 6.45) is 0.434. The third kappa shape index (κ3) is 7.20. The average molecular weight is 416 g/mol. The number of rotatable bonds is 2. The van der Waals surface area contributed by atoms with Crippen LogP contribution in [0.15, 0.2) is 0 Å². The molecule has 0 amide bonds. The van der Waals surface area contributed by atoms with E-state index >= 15 is 0 Å². The Kier molecular flexibility index (Phi) is 9.59. The van der Waals surface area contributed by atoms with Crippen molar-refractivity contribution in [1.29, 1.82) is 0 Å². The highest BCUT2D eigenvalue weighted by Crippen LogP contribution is 2.31. The maximum Gasteiger partial charge on any atom is 0.309 e. The SMILES string of the molecule is CC[C@H]1OC(=O)C(C)C[C@H](C)C[C@](C)(O)C[C@@H](C)CN(CC)C(C)C(O)[C@]1(C)O. The molecule has 1 heterocycles. The molecule has 0 aromatic carbocycles. The molecule has 6 heteroatoms. The molecule has 0 aliphatic carbocycles. The maximum absolute atomic E-state index is 12.7. The van der Waals surface area contributed by atoms with Gasteiger partial charge in [0.15, 0.2) is 0 Å². The second-order valence-corrected chi connectivity index (χ2v) is 10.1. The van der Waals surface area contributed by atoms with Crippen molar-refractivity contribution in [3.05, 3.63) is 0 Å². The van der Waals surface area contributed by atoms with Crippen molar-refractivity contribution in [1.82, 2.24) is 4.90 Å². The summed E-state index contributed by atoms with van der Waals surface area (Å²) in [5.41, 5.74) is -2.38. The molecule has 3 unspecified atom stereocenters. The Morgan fingerprint density at radius 1 is 1.07 bits per heavy atom. The molecule has 1 aliphatic rings. The fourth-order valence-electron chi connectivity index (χ4n) is 5.17. The van der Waals surface area contributed by atoms with Crippen LogP contribution in [-0.4, -0.2) is 68.7 Å². The van der Waals surface area contributed by atoms with Crippen LogP contribution >= 0.6 is 0 Å². The summed E-state index contributed by atoms with van der Waals surface area (Å²) in [5.74, 6) is -0.314. The number of aliphatic hydroxyl groups excluding tert-OH is 1. The van der Waals surface area contributed by atoms with Crippen LogP contribution in [0.25, 0.3) is 0 Å². The fraction of sp³-hybridized carbons (Fsp3) is 0.957. The summed E-state index contributed by atoms with van der Waals surface area (Å²) in [6, 6.07) is -0.323. The van der Waals surface area contributed by atoms with Gasteiger partial charge in [-0.2, -0.15) is 0 Å². The van der Waals surface area contributed by atoms with Gasteiger partial charge in [-0.3, -0.25) is 9.69 Å². The highest BCUT2D eigenvalue weighted by Gasteiger charge is 2.45. The van der Waals surface area contributed by atoms with Gasteiger partial charge in [-0.15, -0.1) is 0 Å². The molecular weight excluding hydrogens is 370 g/mol. The lowest BCUT2D eigenvalue weighted by Crippen LogP contribution is -2.59. The largest absolute Gasteiger partial charge is 0.459 e. The zero-order valence-corrected chi connectivity index (χ0v) is 19.8. The molecule has 0 bridgehead atoms. The van der Waals surface area contributed by atoms with Gasteiger partial charge in [-0.25, -0.2) is 0 Å². The van der Waals surface area contributed by atoms with Gasteiger partial charge in [0, 0.05) is 12.6 Å². The minimum absolute atomic E-state index is 0.164. The Balaban J connectivity index is 3.25. The monoisotopic (exact) mass is 415 g/mol. The lowest BCUT2D eigenvalue weighted by molar-refractivity contribution is -0.190. The molecule has 172 valence electrons. The standard InChI is InChI=1S/C23H45NO5/c1-9-19-23(8,28)20(25)18(6)24(10-2)14-16(4)13-22(7,27)12-15(3)11-17(5)21(26)29-19/h15-20,25,27-28H,9-14H2,1-8H3/t15-,16+,17?,18?,19+,20?,22-,23+/m0/s1. The first-order chi connectivity index (χ1) is 13.2. The van der Waals surface area contributed by atoms with Gasteiger partial charge in [-0.05, 0) is 64.8 Å². The third-order valence-corrected chi connectivity index (χ3v) is 6.60. The molecule has 1 fully saturated rings. The van der Waals surface area contributed by atoms with Gasteiger partial charge in [0.05, 0.1) is 11.5 Å². The highest BCUT2D eigenvalue weighted by atomic mass is 16.6. The first-order valence-electron chi connectivity index (χ1n) is 11.3. The molecule has 0 radical (unpaired) electrons. The molecule has 1 aliphatic heterocycles. The van der Waals surface area contributed by atoms with E-state index < -0.39 is 23.4 Å². The van der Waals surface area contributed by atoms with E-state index in [2.05, 4.69) is 18.7 Å². The zero-order chi connectivity index (χ0) is 22.6.